The van der Waals surface area contributed by atoms with Crippen molar-refractivity contribution in [2.75, 3.05) is 14.2 Å². The van der Waals surface area contributed by atoms with Crippen LogP contribution in [0.3, 0.4) is 0 Å². The minimum Gasteiger partial charge on any atom is -0.438 e. The molecule has 0 aromatic heterocycles. The van der Waals surface area contributed by atoms with Gasteiger partial charge < -0.3 is 9.39 Å². The molecule has 2 aliphatic heterocycles. The van der Waals surface area contributed by atoms with Crippen molar-refractivity contribution in [1.82, 2.24) is 0 Å². The summed E-state index contributed by atoms with van der Waals surface area (Å²) in [5.41, 5.74) is 0. The van der Waals surface area contributed by atoms with Crippen LogP contribution in [0.15, 0.2) is 0 Å². The summed E-state index contributed by atoms with van der Waals surface area (Å²) in [7, 11) is 3.78. The van der Waals surface area contributed by atoms with Crippen LogP contribution in [0.25, 0.3) is 0 Å². The molecule has 2 saturated heterocycles. The van der Waals surface area contributed by atoms with Crippen molar-refractivity contribution < 1.29 is 9.39 Å². The molecule has 0 aromatic rings. The smallest absolute Gasteiger partial charge is 0.299 e. The summed E-state index contributed by atoms with van der Waals surface area (Å²) < 4.78 is 11.3. The largest absolute Gasteiger partial charge is 0.438 e. The van der Waals surface area contributed by atoms with E-state index in [1.807, 2.05) is 14.2 Å². The summed E-state index contributed by atoms with van der Waals surface area (Å²) in [6, 6.07) is 0. The maximum Gasteiger partial charge on any atom is 0.299 e. The quantitative estimate of drug-likeness (QED) is 0.627. The highest BCUT2D eigenvalue weighted by Crippen LogP contribution is 2.59. The van der Waals surface area contributed by atoms with E-state index in [9.17, 15) is 0 Å². The fourth-order valence-electron chi connectivity index (χ4n) is 4.55. The van der Waals surface area contributed by atoms with E-state index in [1.165, 1.54) is 25.7 Å². The van der Waals surface area contributed by atoms with Gasteiger partial charge in [-0.2, -0.15) is 0 Å². The molecule has 14 heavy (non-hydrogen) atoms. The molecule has 0 amide bonds. The van der Waals surface area contributed by atoms with Gasteiger partial charge in [-0.25, -0.2) is 0 Å². The highest BCUT2D eigenvalue weighted by molar-refractivity contribution is 6.56. The first-order valence-corrected chi connectivity index (χ1v) is 5.89. The first-order chi connectivity index (χ1) is 6.83. The van der Waals surface area contributed by atoms with Gasteiger partial charge in [0, 0.05) is 14.2 Å². The number of methoxy groups -OCH3 is 1. The lowest BCUT2D eigenvalue weighted by atomic mass is 9.31. The maximum absolute atomic E-state index is 5.66. The van der Waals surface area contributed by atoms with E-state index in [4.69, 9.17) is 9.39 Å². The van der Waals surface area contributed by atoms with Gasteiger partial charge in [0.05, 0.1) is 6.10 Å². The van der Waals surface area contributed by atoms with Gasteiger partial charge in [-0.3, -0.25) is 0 Å². The molecule has 4 aliphatic rings. The lowest BCUT2D eigenvalue weighted by Crippen LogP contribution is -2.53. The second-order valence-corrected chi connectivity index (χ2v) is 5.38. The SMILES string of the molecule is COB1C2CC3CC1CC(C2)C3OC. The van der Waals surface area contributed by atoms with Crippen molar-refractivity contribution in [2.24, 2.45) is 11.8 Å². The Morgan fingerprint density at radius 2 is 1.43 bits per heavy atom. The molecule has 2 aliphatic carbocycles. The third-order valence-electron chi connectivity index (χ3n) is 4.82. The fraction of sp³-hybridized carbons (Fsp3) is 1.00. The number of ether oxygens (including phenoxy) is 1. The molecule has 3 heteroatoms. The van der Waals surface area contributed by atoms with Crippen LogP contribution in [0.4, 0.5) is 0 Å². The van der Waals surface area contributed by atoms with E-state index in [-0.39, 0.29) is 0 Å². The molecule has 2 heterocycles. The third-order valence-corrected chi connectivity index (χ3v) is 4.82. The maximum atomic E-state index is 5.66. The predicted molar refractivity (Wildman–Crippen MR) is 56.5 cm³/mol. The van der Waals surface area contributed by atoms with Gasteiger partial charge in [0.1, 0.15) is 0 Å². The highest BCUT2D eigenvalue weighted by atomic mass is 16.5. The highest BCUT2D eigenvalue weighted by Gasteiger charge is 2.55. The summed E-state index contributed by atoms with van der Waals surface area (Å²) in [6.07, 6.45) is 5.97. The molecule has 0 unspecified atom stereocenters. The summed E-state index contributed by atoms with van der Waals surface area (Å²) in [5.74, 6) is 3.37. The lowest BCUT2D eigenvalue weighted by Gasteiger charge is -2.55. The minimum atomic E-state index is 0.570. The first-order valence-electron chi connectivity index (χ1n) is 5.89. The molecule has 0 atom stereocenters. The molecule has 0 spiro atoms. The Balaban J connectivity index is 1.82. The van der Waals surface area contributed by atoms with Gasteiger partial charge in [0.25, 0.3) is 6.92 Å². The van der Waals surface area contributed by atoms with Crippen LogP contribution in [0.1, 0.15) is 25.7 Å². The van der Waals surface area contributed by atoms with E-state index < -0.39 is 0 Å². The zero-order valence-corrected chi connectivity index (χ0v) is 9.11. The molecule has 2 saturated carbocycles. The van der Waals surface area contributed by atoms with Gasteiger partial charge in [-0.15, -0.1) is 0 Å². The molecule has 0 aromatic carbocycles. The van der Waals surface area contributed by atoms with Crippen LogP contribution in [0.2, 0.25) is 11.6 Å². The Hall–Kier alpha value is -0.0151. The van der Waals surface area contributed by atoms with Crippen molar-refractivity contribution in [3.8, 4) is 0 Å². The van der Waals surface area contributed by atoms with Gasteiger partial charge in [0.15, 0.2) is 0 Å². The zero-order valence-electron chi connectivity index (χ0n) is 9.11. The molecular formula is C11H19BO2. The Labute approximate surface area is 86.5 Å². The van der Waals surface area contributed by atoms with Gasteiger partial charge in [0.2, 0.25) is 0 Å². The monoisotopic (exact) mass is 194 g/mol. The lowest BCUT2D eigenvalue weighted by molar-refractivity contribution is -0.0580. The summed E-state index contributed by atoms with van der Waals surface area (Å²) >= 11 is 0. The van der Waals surface area contributed by atoms with Crippen LogP contribution in [0.5, 0.6) is 0 Å². The van der Waals surface area contributed by atoms with E-state index in [2.05, 4.69) is 0 Å². The topological polar surface area (TPSA) is 18.5 Å². The Morgan fingerprint density at radius 3 is 1.79 bits per heavy atom. The first kappa shape index (κ1) is 9.23. The molecule has 4 rings (SSSR count). The van der Waals surface area contributed by atoms with Crippen molar-refractivity contribution in [2.45, 2.75) is 43.4 Å². The van der Waals surface area contributed by atoms with E-state index in [0.29, 0.717) is 13.0 Å². The Kier molecular flexibility index (Phi) is 2.14. The number of hydrogen-bond donors (Lipinski definition) is 0. The molecule has 4 fully saturated rings. The van der Waals surface area contributed by atoms with Crippen LogP contribution in [-0.2, 0) is 9.39 Å². The second kappa shape index (κ2) is 3.24. The van der Waals surface area contributed by atoms with Crippen molar-refractivity contribution >= 4 is 6.92 Å². The van der Waals surface area contributed by atoms with Gasteiger partial charge >= 0.3 is 0 Å². The number of rotatable bonds is 2. The minimum absolute atomic E-state index is 0.570. The molecular weight excluding hydrogens is 175 g/mol. The molecule has 0 N–H and O–H groups in total. The molecule has 78 valence electrons. The van der Waals surface area contributed by atoms with Crippen molar-refractivity contribution in [3.63, 3.8) is 0 Å². The average Bonchev–Trinajstić information content (AvgIpc) is 2.17. The zero-order chi connectivity index (χ0) is 9.71. The van der Waals surface area contributed by atoms with E-state index >= 15 is 0 Å². The Morgan fingerprint density at radius 1 is 0.929 bits per heavy atom. The summed E-state index contributed by atoms with van der Waals surface area (Å²) in [4.78, 5) is 0. The third kappa shape index (κ3) is 1.12. The summed E-state index contributed by atoms with van der Waals surface area (Å²) in [5, 5.41) is 0. The summed E-state index contributed by atoms with van der Waals surface area (Å²) in [6.45, 7) is 0.570. The van der Waals surface area contributed by atoms with Crippen LogP contribution >= 0.6 is 0 Å². The molecule has 4 bridgehead atoms. The van der Waals surface area contributed by atoms with Crippen molar-refractivity contribution in [3.05, 3.63) is 0 Å². The van der Waals surface area contributed by atoms with Gasteiger partial charge in [-0.05, 0) is 49.2 Å². The Bertz CT molecular complexity index is 181. The average molecular weight is 194 g/mol. The molecule has 0 radical (unpaired) electrons. The van der Waals surface area contributed by atoms with E-state index in [1.54, 1.807) is 0 Å². The van der Waals surface area contributed by atoms with Crippen LogP contribution < -0.4 is 0 Å². The molecule has 2 nitrogen and oxygen atoms in total. The predicted octanol–water partition coefficient (Wildman–Crippen LogP) is 2.21. The normalized spacial score (nSPS) is 50.1. The van der Waals surface area contributed by atoms with Gasteiger partial charge in [-0.1, -0.05) is 0 Å². The van der Waals surface area contributed by atoms with E-state index in [0.717, 1.165) is 23.5 Å². The van der Waals surface area contributed by atoms with Crippen molar-refractivity contribution in [1.29, 1.82) is 0 Å². The standard InChI is InChI=1S/C11H19BO2/c1-13-11-7-3-9-5-8(11)6-10(4-7)12(9)14-2/h7-11H,3-6H2,1-2H3. The second-order valence-electron chi connectivity index (χ2n) is 5.38. The van der Waals surface area contributed by atoms with Crippen LogP contribution in [-0.4, -0.2) is 27.2 Å². The fourth-order valence-corrected chi connectivity index (χ4v) is 4.55. The number of hydrogen-bond acceptors (Lipinski definition) is 2. The van der Waals surface area contributed by atoms with Crippen LogP contribution in [0, 0.1) is 11.8 Å².